The maximum absolute atomic E-state index is 12.3. The molecule has 0 fully saturated rings. The Balaban J connectivity index is 1.64. The Morgan fingerprint density at radius 3 is 2.64 bits per heavy atom. The number of methoxy groups -OCH3 is 1. The van der Waals surface area contributed by atoms with Crippen LogP contribution in [0.1, 0.15) is 6.92 Å². The van der Waals surface area contributed by atoms with E-state index in [0.717, 1.165) is 5.75 Å². The van der Waals surface area contributed by atoms with Crippen molar-refractivity contribution in [2.75, 3.05) is 12.4 Å². The largest absolute Gasteiger partial charge is 0.497 e. The van der Waals surface area contributed by atoms with Gasteiger partial charge in [-0.1, -0.05) is 0 Å². The summed E-state index contributed by atoms with van der Waals surface area (Å²) in [7, 11) is 1.59. The van der Waals surface area contributed by atoms with Crippen LogP contribution in [-0.4, -0.2) is 38.9 Å². The van der Waals surface area contributed by atoms with Crippen LogP contribution in [-0.2, 0) is 4.79 Å². The number of amides is 1. The third-order valence-corrected chi connectivity index (χ3v) is 3.38. The van der Waals surface area contributed by atoms with E-state index in [-0.39, 0.29) is 5.91 Å². The van der Waals surface area contributed by atoms with Gasteiger partial charge in [0, 0.05) is 18.5 Å². The van der Waals surface area contributed by atoms with Crippen LogP contribution in [0.4, 0.5) is 5.82 Å². The van der Waals surface area contributed by atoms with Gasteiger partial charge in [0.1, 0.15) is 23.6 Å². The molecule has 0 saturated heterocycles. The summed E-state index contributed by atoms with van der Waals surface area (Å²) in [5.74, 6) is 1.90. The predicted octanol–water partition coefficient (Wildman–Crippen LogP) is 2.08. The molecule has 0 saturated carbocycles. The Labute approximate surface area is 144 Å². The van der Waals surface area contributed by atoms with Crippen LogP contribution < -0.4 is 14.8 Å². The molecule has 128 valence electrons. The van der Waals surface area contributed by atoms with Crippen molar-refractivity contribution >= 4 is 11.7 Å². The smallest absolute Gasteiger partial charge is 0.266 e. The lowest BCUT2D eigenvalue weighted by Gasteiger charge is -2.14. The highest BCUT2D eigenvalue weighted by atomic mass is 16.5. The molecule has 8 heteroatoms. The van der Waals surface area contributed by atoms with Crippen LogP contribution in [0.15, 0.2) is 55.1 Å². The van der Waals surface area contributed by atoms with Crippen LogP contribution in [0, 0.1) is 0 Å². The fraction of sp³-hybridized carbons (Fsp3) is 0.176. The first-order valence-electron chi connectivity index (χ1n) is 7.59. The van der Waals surface area contributed by atoms with Crippen LogP contribution in [0.2, 0.25) is 0 Å². The first-order chi connectivity index (χ1) is 12.2. The fourth-order valence-corrected chi connectivity index (χ4v) is 2.08. The molecule has 8 nitrogen and oxygen atoms in total. The normalized spacial score (nSPS) is 11.6. The molecule has 1 atom stereocenters. The van der Waals surface area contributed by atoms with Crippen molar-refractivity contribution < 1.29 is 14.3 Å². The van der Waals surface area contributed by atoms with Gasteiger partial charge in [-0.3, -0.25) is 4.79 Å². The van der Waals surface area contributed by atoms with Crippen molar-refractivity contribution in [2.24, 2.45) is 0 Å². The lowest BCUT2D eigenvalue weighted by atomic mass is 10.3. The maximum atomic E-state index is 12.3. The van der Waals surface area contributed by atoms with Crippen molar-refractivity contribution in [3.63, 3.8) is 0 Å². The Hall–Kier alpha value is -3.42. The van der Waals surface area contributed by atoms with Crippen LogP contribution in [0.5, 0.6) is 11.5 Å². The van der Waals surface area contributed by atoms with E-state index in [0.29, 0.717) is 17.4 Å². The zero-order valence-electron chi connectivity index (χ0n) is 13.8. The van der Waals surface area contributed by atoms with Gasteiger partial charge in [-0.25, -0.2) is 14.6 Å². The van der Waals surface area contributed by atoms with Crippen molar-refractivity contribution in [1.82, 2.24) is 19.7 Å². The van der Waals surface area contributed by atoms with Crippen LogP contribution in [0.25, 0.3) is 5.82 Å². The van der Waals surface area contributed by atoms with E-state index in [1.807, 2.05) is 0 Å². The Bertz CT molecular complexity index is 834. The van der Waals surface area contributed by atoms with E-state index in [4.69, 9.17) is 9.47 Å². The Kier molecular flexibility index (Phi) is 4.89. The van der Waals surface area contributed by atoms with Gasteiger partial charge in [-0.2, -0.15) is 5.10 Å². The van der Waals surface area contributed by atoms with Crippen LogP contribution in [0.3, 0.4) is 0 Å². The molecule has 25 heavy (non-hydrogen) atoms. The lowest BCUT2D eigenvalue weighted by Crippen LogP contribution is -2.30. The number of hydrogen-bond donors (Lipinski definition) is 1. The molecule has 0 aliphatic rings. The highest BCUT2D eigenvalue weighted by Crippen LogP contribution is 2.18. The number of ether oxygens (including phenoxy) is 2. The van der Waals surface area contributed by atoms with Gasteiger partial charge >= 0.3 is 0 Å². The quantitative estimate of drug-likeness (QED) is 0.739. The summed E-state index contributed by atoms with van der Waals surface area (Å²) >= 11 is 0. The molecular formula is C17H17N5O3. The minimum Gasteiger partial charge on any atom is -0.497 e. The SMILES string of the molecule is COc1ccc(OC(C)C(=O)Nc2cc(-n3cccn3)ncn2)cc1. The van der Waals surface area contributed by atoms with Crippen molar-refractivity contribution in [1.29, 1.82) is 0 Å². The monoisotopic (exact) mass is 339 g/mol. The minimum absolute atomic E-state index is 0.319. The molecule has 0 radical (unpaired) electrons. The highest BCUT2D eigenvalue weighted by Gasteiger charge is 2.16. The number of aromatic nitrogens is 4. The van der Waals surface area contributed by atoms with Crippen LogP contribution >= 0.6 is 0 Å². The molecule has 1 N–H and O–H groups in total. The molecule has 0 bridgehead atoms. The van der Waals surface area contributed by atoms with Gasteiger partial charge in [-0.15, -0.1) is 0 Å². The molecule has 2 heterocycles. The van der Waals surface area contributed by atoms with Gasteiger partial charge in [0.2, 0.25) is 0 Å². The molecule has 3 rings (SSSR count). The van der Waals surface area contributed by atoms with E-state index in [1.165, 1.54) is 6.33 Å². The average molecular weight is 339 g/mol. The highest BCUT2D eigenvalue weighted by molar-refractivity contribution is 5.93. The summed E-state index contributed by atoms with van der Waals surface area (Å²) < 4.78 is 12.3. The van der Waals surface area contributed by atoms with Crippen molar-refractivity contribution in [3.8, 4) is 17.3 Å². The molecular weight excluding hydrogens is 322 g/mol. The Morgan fingerprint density at radius 1 is 1.20 bits per heavy atom. The minimum atomic E-state index is -0.698. The van der Waals surface area contributed by atoms with E-state index < -0.39 is 6.10 Å². The lowest BCUT2D eigenvalue weighted by molar-refractivity contribution is -0.122. The number of anilines is 1. The van der Waals surface area contributed by atoms with E-state index >= 15 is 0 Å². The third-order valence-electron chi connectivity index (χ3n) is 3.38. The van der Waals surface area contributed by atoms with E-state index in [1.54, 1.807) is 67.5 Å². The average Bonchev–Trinajstić information content (AvgIpc) is 3.17. The number of benzene rings is 1. The number of carbonyl (C=O) groups is 1. The fourth-order valence-electron chi connectivity index (χ4n) is 2.08. The second-order valence-corrected chi connectivity index (χ2v) is 5.14. The summed E-state index contributed by atoms with van der Waals surface area (Å²) in [6.07, 6.45) is 4.06. The molecule has 2 aromatic heterocycles. The molecule has 1 aromatic carbocycles. The summed E-state index contributed by atoms with van der Waals surface area (Å²) in [6, 6.07) is 10.4. The Morgan fingerprint density at radius 2 is 1.96 bits per heavy atom. The first-order valence-corrected chi connectivity index (χ1v) is 7.59. The van der Waals surface area contributed by atoms with Gasteiger partial charge in [0.25, 0.3) is 5.91 Å². The van der Waals surface area contributed by atoms with E-state index in [2.05, 4.69) is 20.4 Å². The van der Waals surface area contributed by atoms with Gasteiger partial charge in [0.05, 0.1) is 7.11 Å². The second-order valence-electron chi connectivity index (χ2n) is 5.14. The number of nitrogens with zero attached hydrogens (tertiary/aromatic N) is 4. The predicted molar refractivity (Wildman–Crippen MR) is 90.9 cm³/mol. The third kappa shape index (κ3) is 4.11. The number of nitrogens with one attached hydrogen (secondary N) is 1. The molecule has 1 unspecified atom stereocenters. The summed E-state index contributed by atoms with van der Waals surface area (Å²) in [4.78, 5) is 20.5. The molecule has 0 aliphatic heterocycles. The maximum Gasteiger partial charge on any atom is 0.266 e. The van der Waals surface area contributed by atoms with Gasteiger partial charge in [0.15, 0.2) is 11.9 Å². The van der Waals surface area contributed by atoms with Crippen molar-refractivity contribution in [3.05, 3.63) is 55.1 Å². The zero-order valence-corrected chi connectivity index (χ0v) is 13.8. The topological polar surface area (TPSA) is 91.2 Å². The zero-order chi connectivity index (χ0) is 17.6. The summed E-state index contributed by atoms with van der Waals surface area (Å²) in [6.45, 7) is 1.66. The molecule has 0 spiro atoms. The summed E-state index contributed by atoms with van der Waals surface area (Å²) in [5, 5.41) is 6.80. The van der Waals surface area contributed by atoms with Crippen molar-refractivity contribution in [2.45, 2.75) is 13.0 Å². The number of carbonyl (C=O) groups excluding carboxylic acids is 1. The molecule has 3 aromatic rings. The molecule has 1 amide bonds. The standard InChI is InChI=1S/C17H17N5O3/c1-12(25-14-6-4-13(24-2)5-7-14)17(23)21-15-10-16(19-11-18-15)22-9-3-8-20-22/h3-12H,1-2H3,(H,18,19,21,23). The number of hydrogen-bond acceptors (Lipinski definition) is 6. The first kappa shape index (κ1) is 16.4. The van der Waals surface area contributed by atoms with E-state index in [9.17, 15) is 4.79 Å². The molecule has 0 aliphatic carbocycles. The van der Waals surface area contributed by atoms with Gasteiger partial charge in [-0.05, 0) is 37.3 Å². The summed E-state index contributed by atoms with van der Waals surface area (Å²) in [5.41, 5.74) is 0. The van der Waals surface area contributed by atoms with Gasteiger partial charge < -0.3 is 14.8 Å². The second kappa shape index (κ2) is 7.43. The number of rotatable bonds is 6.